The predicted octanol–water partition coefficient (Wildman–Crippen LogP) is 7.43. The van der Waals surface area contributed by atoms with Gasteiger partial charge in [-0.25, -0.2) is 18.7 Å². The molecule has 0 aromatic rings. The molecule has 0 atom stereocenters. The standard InChI is InChI=1S/C25H56N6O2P2/c1-17(2)28(18(3)4)34(32,29(19(5)6)20(7)8)25(27-26)35(33,30(21(9)10)22(11)12)31(23(13)14)24(15)16/h17-24H,1-16H3. The fourth-order valence-corrected chi connectivity index (χ4v) is 15.0. The van der Waals surface area contributed by atoms with Crippen LogP contribution in [0, 0.1) is 0 Å². The van der Waals surface area contributed by atoms with Crippen LogP contribution in [0.15, 0.2) is 0 Å². The first-order valence-corrected chi connectivity index (χ1v) is 16.6. The maximum Gasteiger partial charge on any atom is 0.437 e. The highest BCUT2D eigenvalue weighted by atomic mass is 31.2. The van der Waals surface area contributed by atoms with Crippen LogP contribution in [-0.2, 0) is 9.13 Å². The first kappa shape index (κ1) is 34.7. The summed E-state index contributed by atoms with van der Waals surface area (Å²) >= 11 is 0. The van der Waals surface area contributed by atoms with Gasteiger partial charge in [0.05, 0.1) is 0 Å². The monoisotopic (exact) mass is 534 g/mol. The minimum Gasteiger partial charge on any atom is -0.360 e. The Bertz CT molecular complexity index is 677. The van der Waals surface area contributed by atoms with Gasteiger partial charge in [0.15, 0.2) is 0 Å². The van der Waals surface area contributed by atoms with E-state index in [0.29, 0.717) is 0 Å². The quantitative estimate of drug-likeness (QED) is 0.0997. The highest BCUT2D eigenvalue weighted by Crippen LogP contribution is 2.72. The van der Waals surface area contributed by atoms with Crippen molar-refractivity contribution in [3.8, 4) is 0 Å². The van der Waals surface area contributed by atoms with Crippen LogP contribution < -0.4 is 0 Å². The largest absolute Gasteiger partial charge is 0.437 e. The Morgan fingerprint density at radius 3 is 0.686 bits per heavy atom. The summed E-state index contributed by atoms with van der Waals surface area (Å²) in [5.74, 6) is 0. The van der Waals surface area contributed by atoms with Crippen molar-refractivity contribution >= 4 is 20.1 Å². The molecule has 0 rings (SSSR count). The zero-order valence-electron chi connectivity index (χ0n) is 25.5. The van der Waals surface area contributed by atoms with E-state index in [-0.39, 0.29) is 53.5 Å². The maximum atomic E-state index is 15.8. The molecular weight excluding hydrogens is 478 g/mol. The van der Waals surface area contributed by atoms with Gasteiger partial charge in [-0.1, -0.05) is 0 Å². The van der Waals surface area contributed by atoms with Crippen molar-refractivity contribution in [3.05, 3.63) is 5.53 Å². The Morgan fingerprint density at radius 2 is 0.600 bits per heavy atom. The van der Waals surface area contributed by atoms with Gasteiger partial charge in [-0.2, -0.15) is 4.79 Å². The van der Waals surface area contributed by atoms with Gasteiger partial charge < -0.3 is 5.53 Å². The van der Waals surface area contributed by atoms with Crippen LogP contribution in [0.1, 0.15) is 111 Å². The van der Waals surface area contributed by atoms with Crippen LogP contribution in [-0.4, -0.2) is 77.0 Å². The Kier molecular flexibility index (Phi) is 13.3. The topological polar surface area (TPSA) is 83.5 Å². The smallest absolute Gasteiger partial charge is 0.360 e. The molecule has 0 aliphatic heterocycles. The molecule has 0 heterocycles. The van der Waals surface area contributed by atoms with Crippen molar-refractivity contribution in [1.29, 1.82) is 0 Å². The fourth-order valence-electron chi connectivity index (χ4n) is 5.83. The van der Waals surface area contributed by atoms with Gasteiger partial charge >= 0.3 is 20.1 Å². The molecule has 0 aromatic heterocycles. The molecular formula is C25H56N6O2P2. The summed E-state index contributed by atoms with van der Waals surface area (Å²) < 4.78 is 39.3. The molecule has 8 nitrogen and oxygen atoms in total. The summed E-state index contributed by atoms with van der Waals surface area (Å²) in [6, 6.07) is -1.08. The SMILES string of the molecule is CC(C)N(C(C)C)P(=O)(C(=[N+]=[N-])P(=O)(N(C(C)C)C(C)C)N(C(C)C)C(C)C)N(C(C)C)C(C)C. The number of nitrogens with zero attached hydrogens (tertiary/aromatic N) is 6. The molecule has 0 aliphatic carbocycles. The average molecular weight is 535 g/mol. The van der Waals surface area contributed by atoms with Gasteiger partial charge in [-0.05, 0) is 111 Å². The molecule has 0 amide bonds. The molecule has 0 spiro atoms. The summed E-state index contributed by atoms with van der Waals surface area (Å²) in [5, 5.41) is -0.0976. The van der Waals surface area contributed by atoms with Crippen molar-refractivity contribution < 1.29 is 13.9 Å². The molecule has 208 valence electrons. The van der Waals surface area contributed by atoms with Crippen molar-refractivity contribution in [2.24, 2.45) is 0 Å². The fraction of sp³-hybridized carbons (Fsp3) is 0.960. The second kappa shape index (κ2) is 13.5. The molecule has 0 saturated carbocycles. The molecule has 0 aromatic carbocycles. The van der Waals surface area contributed by atoms with Crippen LogP contribution >= 0.6 is 14.9 Å². The highest BCUT2D eigenvalue weighted by Gasteiger charge is 2.64. The number of hydrogen-bond donors (Lipinski definition) is 0. The van der Waals surface area contributed by atoms with Crippen LogP contribution in [0.25, 0.3) is 5.53 Å². The van der Waals surface area contributed by atoms with E-state index in [4.69, 9.17) is 0 Å². The first-order chi connectivity index (χ1) is 15.8. The van der Waals surface area contributed by atoms with Gasteiger partial charge in [0.25, 0.3) is 0 Å². The van der Waals surface area contributed by atoms with E-state index in [9.17, 15) is 5.53 Å². The number of hydrogen-bond acceptors (Lipinski definition) is 2. The van der Waals surface area contributed by atoms with Gasteiger partial charge in [0.1, 0.15) is 0 Å². The van der Waals surface area contributed by atoms with Crippen molar-refractivity contribution in [1.82, 2.24) is 18.7 Å². The van der Waals surface area contributed by atoms with Crippen molar-refractivity contribution in [3.63, 3.8) is 0 Å². The predicted molar refractivity (Wildman–Crippen MR) is 152 cm³/mol. The van der Waals surface area contributed by atoms with E-state index in [0.717, 1.165) is 0 Å². The lowest BCUT2D eigenvalue weighted by molar-refractivity contribution is -0.000411. The number of rotatable bonds is 14. The molecule has 0 radical (unpaired) electrons. The lowest BCUT2D eigenvalue weighted by Gasteiger charge is -2.49. The summed E-state index contributed by atoms with van der Waals surface area (Å²) in [7, 11) is -7.68. The molecule has 0 unspecified atom stereocenters. The van der Waals surface area contributed by atoms with Gasteiger partial charge in [0.2, 0.25) is 0 Å². The third-order valence-corrected chi connectivity index (χ3v) is 15.1. The van der Waals surface area contributed by atoms with E-state index >= 15 is 9.13 Å². The maximum absolute atomic E-state index is 15.8. The Morgan fingerprint density at radius 1 is 0.457 bits per heavy atom. The normalized spacial score (nSPS) is 14.2. The van der Waals surface area contributed by atoms with Gasteiger partial charge in [-0.15, -0.1) is 0 Å². The van der Waals surface area contributed by atoms with Crippen LogP contribution in [0.2, 0.25) is 0 Å². The lowest BCUT2D eigenvalue weighted by Crippen LogP contribution is -2.52. The molecule has 10 heteroatoms. The first-order valence-electron chi connectivity index (χ1n) is 13.3. The van der Waals surface area contributed by atoms with Crippen LogP contribution in [0.3, 0.4) is 0 Å². The zero-order chi connectivity index (χ0) is 28.2. The summed E-state index contributed by atoms with van der Waals surface area (Å²) in [6.07, 6.45) is 0. The molecule has 0 fully saturated rings. The van der Waals surface area contributed by atoms with Crippen LogP contribution in [0.4, 0.5) is 0 Å². The third kappa shape index (κ3) is 6.96. The zero-order valence-corrected chi connectivity index (χ0v) is 27.3. The van der Waals surface area contributed by atoms with Crippen molar-refractivity contribution in [2.45, 2.75) is 159 Å². The molecule has 35 heavy (non-hydrogen) atoms. The molecule has 0 saturated heterocycles. The third-order valence-electron chi connectivity index (χ3n) is 6.10. The molecule has 0 bridgehead atoms. The van der Waals surface area contributed by atoms with E-state index < -0.39 is 14.9 Å². The van der Waals surface area contributed by atoms with E-state index in [1.807, 2.05) is 129 Å². The van der Waals surface area contributed by atoms with Gasteiger partial charge in [-0.3, -0.25) is 9.13 Å². The minimum absolute atomic E-state index is 0.0976. The van der Waals surface area contributed by atoms with Crippen molar-refractivity contribution in [2.75, 3.05) is 0 Å². The van der Waals surface area contributed by atoms with E-state index in [2.05, 4.69) is 4.79 Å². The van der Waals surface area contributed by atoms with Crippen LogP contribution in [0.5, 0.6) is 0 Å². The molecule has 0 aliphatic rings. The second-order valence-electron chi connectivity index (χ2n) is 11.8. The summed E-state index contributed by atoms with van der Waals surface area (Å²) in [5.41, 5.74) is 10.8. The lowest BCUT2D eigenvalue weighted by atomic mass is 10.3. The van der Waals surface area contributed by atoms with E-state index in [1.54, 1.807) is 0 Å². The summed E-state index contributed by atoms with van der Waals surface area (Å²) in [4.78, 5) is 3.80. The Hall–Kier alpha value is -0.320. The minimum atomic E-state index is -3.84. The second-order valence-corrected chi connectivity index (χ2v) is 17.0. The summed E-state index contributed by atoms with van der Waals surface area (Å²) in [6.45, 7) is 31.9. The average Bonchev–Trinajstić information content (AvgIpc) is 2.58. The Balaban J connectivity index is 8.13. The Labute approximate surface area is 217 Å². The van der Waals surface area contributed by atoms with Gasteiger partial charge in [0, 0.05) is 48.3 Å². The molecule has 0 N–H and O–H groups in total. The van der Waals surface area contributed by atoms with E-state index in [1.165, 1.54) is 0 Å². The highest BCUT2D eigenvalue weighted by molar-refractivity contribution is 8.02.